The van der Waals surface area contributed by atoms with Crippen LogP contribution in [0.25, 0.3) is 0 Å². The molecule has 0 amide bonds. The maximum absolute atomic E-state index is 9.25. The number of rotatable bonds is 6. The average Bonchev–Trinajstić information content (AvgIpc) is 2.27. The molecule has 3 atom stereocenters. The van der Waals surface area contributed by atoms with Crippen LogP contribution in [-0.4, -0.2) is 61.0 Å². The van der Waals surface area contributed by atoms with Gasteiger partial charge in [0.25, 0.3) is 0 Å². The maximum atomic E-state index is 9.25. The van der Waals surface area contributed by atoms with Gasteiger partial charge < -0.3 is 15.2 Å². The van der Waals surface area contributed by atoms with Crippen LogP contribution in [0.5, 0.6) is 0 Å². The molecule has 1 rings (SSSR count). The number of aliphatic hydroxyl groups is 1. The fraction of sp³-hybridized carbons (Fsp3) is 1.00. The highest BCUT2D eigenvalue weighted by Crippen LogP contribution is 2.24. The zero-order chi connectivity index (χ0) is 13.8. The Bertz CT molecular complexity index is 246. The van der Waals surface area contributed by atoms with Crippen LogP contribution >= 0.6 is 0 Å². The van der Waals surface area contributed by atoms with E-state index in [9.17, 15) is 5.11 Å². The second-order valence-corrected chi connectivity index (χ2v) is 6.21. The van der Waals surface area contributed by atoms with Crippen molar-refractivity contribution in [1.29, 1.82) is 0 Å². The zero-order valence-electron chi connectivity index (χ0n) is 12.6. The van der Waals surface area contributed by atoms with Gasteiger partial charge in [-0.15, -0.1) is 0 Å². The van der Waals surface area contributed by atoms with Gasteiger partial charge in [-0.3, -0.25) is 4.90 Å². The van der Waals surface area contributed by atoms with Gasteiger partial charge in [-0.1, -0.05) is 20.8 Å². The number of hydrogen-bond acceptors (Lipinski definition) is 4. The van der Waals surface area contributed by atoms with E-state index in [4.69, 9.17) is 4.74 Å². The molecule has 4 heteroatoms. The molecule has 1 fully saturated rings. The van der Waals surface area contributed by atoms with Crippen LogP contribution in [0.2, 0.25) is 0 Å². The van der Waals surface area contributed by atoms with Crippen molar-refractivity contribution in [1.82, 2.24) is 10.2 Å². The van der Waals surface area contributed by atoms with Gasteiger partial charge in [0.05, 0.1) is 18.8 Å². The Morgan fingerprint density at radius 3 is 2.67 bits per heavy atom. The molecule has 18 heavy (non-hydrogen) atoms. The maximum Gasteiger partial charge on any atom is 0.0936 e. The van der Waals surface area contributed by atoms with E-state index in [1.54, 1.807) is 0 Å². The van der Waals surface area contributed by atoms with Crippen LogP contribution in [0.1, 0.15) is 34.6 Å². The van der Waals surface area contributed by atoms with E-state index in [0.717, 1.165) is 26.2 Å². The molecular weight excluding hydrogens is 228 g/mol. The smallest absolute Gasteiger partial charge is 0.0936 e. The molecule has 0 aliphatic carbocycles. The number of nitrogens with zero attached hydrogens (tertiary/aromatic N) is 1. The van der Waals surface area contributed by atoms with Gasteiger partial charge in [0, 0.05) is 25.7 Å². The van der Waals surface area contributed by atoms with Crippen LogP contribution in [0.3, 0.4) is 0 Å². The molecule has 0 radical (unpaired) electrons. The van der Waals surface area contributed by atoms with E-state index in [1.807, 2.05) is 0 Å². The Hall–Kier alpha value is -0.160. The van der Waals surface area contributed by atoms with Gasteiger partial charge in [-0.25, -0.2) is 0 Å². The Morgan fingerprint density at radius 2 is 2.11 bits per heavy atom. The molecule has 0 bridgehead atoms. The monoisotopic (exact) mass is 258 g/mol. The molecule has 1 aliphatic heterocycles. The van der Waals surface area contributed by atoms with E-state index < -0.39 is 0 Å². The molecule has 4 nitrogen and oxygen atoms in total. The number of hydrogen-bond donors (Lipinski definition) is 2. The topological polar surface area (TPSA) is 44.7 Å². The first-order valence-electron chi connectivity index (χ1n) is 7.11. The summed E-state index contributed by atoms with van der Waals surface area (Å²) < 4.78 is 5.68. The van der Waals surface area contributed by atoms with E-state index in [-0.39, 0.29) is 24.2 Å². The predicted molar refractivity (Wildman–Crippen MR) is 74.8 cm³/mol. The first kappa shape index (κ1) is 15.9. The molecule has 0 spiro atoms. The SMILES string of the molecule is CCNC(C)C(C)(C)CN1CC(C)OC(CO)C1. The van der Waals surface area contributed by atoms with Gasteiger partial charge in [0.1, 0.15) is 0 Å². The standard InChI is InChI=1S/C14H30N2O2/c1-6-15-12(3)14(4,5)10-16-7-11(2)18-13(8-16)9-17/h11-13,15,17H,6-10H2,1-5H3. The number of ether oxygens (including phenoxy) is 1. The van der Waals surface area contributed by atoms with Gasteiger partial charge >= 0.3 is 0 Å². The Morgan fingerprint density at radius 1 is 1.44 bits per heavy atom. The van der Waals surface area contributed by atoms with Crippen LogP contribution in [-0.2, 0) is 4.74 Å². The lowest BCUT2D eigenvalue weighted by atomic mass is 9.84. The van der Waals surface area contributed by atoms with E-state index in [0.29, 0.717) is 6.04 Å². The zero-order valence-corrected chi connectivity index (χ0v) is 12.6. The fourth-order valence-corrected chi connectivity index (χ4v) is 2.67. The first-order valence-corrected chi connectivity index (χ1v) is 7.11. The summed E-state index contributed by atoms with van der Waals surface area (Å²) in [6, 6.07) is 0.480. The van der Waals surface area contributed by atoms with E-state index in [2.05, 4.69) is 44.8 Å². The van der Waals surface area contributed by atoms with Crippen LogP contribution in [0.15, 0.2) is 0 Å². The molecule has 108 valence electrons. The molecule has 0 saturated carbocycles. The average molecular weight is 258 g/mol. The lowest BCUT2D eigenvalue weighted by molar-refractivity contribution is -0.102. The highest BCUT2D eigenvalue weighted by Gasteiger charge is 2.32. The van der Waals surface area contributed by atoms with Crippen LogP contribution < -0.4 is 5.32 Å². The minimum Gasteiger partial charge on any atom is -0.394 e. The van der Waals surface area contributed by atoms with Crippen molar-refractivity contribution < 1.29 is 9.84 Å². The Kier molecular flexibility index (Phi) is 6.05. The molecular formula is C14H30N2O2. The highest BCUT2D eigenvalue weighted by atomic mass is 16.5. The van der Waals surface area contributed by atoms with Crippen molar-refractivity contribution in [2.75, 3.05) is 32.8 Å². The normalized spacial score (nSPS) is 28.3. The largest absolute Gasteiger partial charge is 0.394 e. The summed E-state index contributed by atoms with van der Waals surface area (Å²) >= 11 is 0. The van der Waals surface area contributed by atoms with Crippen molar-refractivity contribution in [2.24, 2.45) is 5.41 Å². The lowest BCUT2D eigenvalue weighted by Gasteiger charge is -2.42. The van der Waals surface area contributed by atoms with Crippen molar-refractivity contribution in [3.8, 4) is 0 Å². The second kappa shape index (κ2) is 6.85. The van der Waals surface area contributed by atoms with Crippen molar-refractivity contribution in [2.45, 2.75) is 52.9 Å². The molecule has 0 aromatic carbocycles. The summed E-state index contributed by atoms with van der Waals surface area (Å²) in [7, 11) is 0. The highest BCUT2D eigenvalue weighted by molar-refractivity contribution is 4.86. The summed E-state index contributed by atoms with van der Waals surface area (Å²) in [5, 5.41) is 12.8. The van der Waals surface area contributed by atoms with E-state index in [1.165, 1.54) is 0 Å². The molecule has 3 unspecified atom stereocenters. The van der Waals surface area contributed by atoms with Crippen molar-refractivity contribution in [3.63, 3.8) is 0 Å². The Balaban J connectivity index is 2.54. The number of morpholine rings is 1. The summed E-state index contributed by atoms with van der Waals surface area (Å²) in [6.45, 7) is 15.0. The molecule has 1 aliphatic rings. The summed E-state index contributed by atoms with van der Waals surface area (Å²) in [5.74, 6) is 0. The third-order valence-electron chi connectivity index (χ3n) is 3.92. The van der Waals surface area contributed by atoms with Gasteiger partial charge in [-0.2, -0.15) is 0 Å². The number of aliphatic hydroxyl groups excluding tert-OH is 1. The van der Waals surface area contributed by atoms with Crippen LogP contribution in [0, 0.1) is 5.41 Å². The minimum absolute atomic E-state index is 0.0287. The molecule has 0 aromatic rings. The predicted octanol–water partition coefficient (Wildman–Crippen LogP) is 1.09. The summed E-state index contributed by atoms with van der Waals surface area (Å²) in [6.07, 6.45) is 0.181. The summed E-state index contributed by atoms with van der Waals surface area (Å²) in [4.78, 5) is 2.42. The molecule has 1 saturated heterocycles. The number of nitrogens with one attached hydrogen (secondary N) is 1. The quantitative estimate of drug-likeness (QED) is 0.749. The molecule has 2 N–H and O–H groups in total. The molecule has 1 heterocycles. The van der Waals surface area contributed by atoms with Crippen molar-refractivity contribution in [3.05, 3.63) is 0 Å². The fourth-order valence-electron chi connectivity index (χ4n) is 2.67. The van der Waals surface area contributed by atoms with Crippen LogP contribution in [0.4, 0.5) is 0 Å². The first-order chi connectivity index (χ1) is 8.39. The summed E-state index contributed by atoms with van der Waals surface area (Å²) in [5.41, 5.74) is 0.215. The van der Waals surface area contributed by atoms with E-state index >= 15 is 0 Å². The molecule has 0 aromatic heterocycles. The third-order valence-corrected chi connectivity index (χ3v) is 3.92. The van der Waals surface area contributed by atoms with Gasteiger partial charge in [0.15, 0.2) is 0 Å². The second-order valence-electron chi connectivity index (χ2n) is 6.21. The minimum atomic E-state index is -0.0287. The third kappa shape index (κ3) is 4.50. The van der Waals surface area contributed by atoms with Gasteiger partial charge in [-0.05, 0) is 25.8 Å². The lowest BCUT2D eigenvalue weighted by Crippen LogP contribution is -2.53. The van der Waals surface area contributed by atoms with Gasteiger partial charge in [0.2, 0.25) is 0 Å². The Labute approximate surface area is 112 Å². The van der Waals surface area contributed by atoms with Crippen molar-refractivity contribution >= 4 is 0 Å².